The van der Waals surface area contributed by atoms with Gasteiger partial charge in [-0.25, -0.2) is 0 Å². The largest absolute Gasteiger partial charge is 0.469 e. The quantitative estimate of drug-likeness (QED) is 0.276. The van der Waals surface area contributed by atoms with Crippen molar-refractivity contribution in [2.75, 3.05) is 7.11 Å². The monoisotopic (exact) mass is 185 g/mol. The first kappa shape index (κ1) is 9.70. The highest BCUT2D eigenvalue weighted by Gasteiger charge is 2.30. The zero-order valence-electron chi connectivity index (χ0n) is 7.30. The van der Waals surface area contributed by atoms with Crippen molar-refractivity contribution in [1.29, 1.82) is 0 Å². The van der Waals surface area contributed by atoms with Gasteiger partial charge in [0.15, 0.2) is 0 Å². The average Bonchev–Trinajstić information content (AvgIpc) is 2.17. The highest BCUT2D eigenvalue weighted by atomic mass is 16.6. The lowest BCUT2D eigenvalue weighted by Gasteiger charge is -2.16. The smallest absolute Gasteiger partial charge is 0.312 e. The van der Waals surface area contributed by atoms with Gasteiger partial charge in [-0.15, -0.1) is 0 Å². The molecule has 0 aromatic rings. The van der Waals surface area contributed by atoms with E-state index in [2.05, 4.69) is 4.74 Å². The Morgan fingerprint density at radius 2 is 2.38 bits per heavy atom. The molecule has 0 heterocycles. The number of rotatable bonds is 2. The Morgan fingerprint density at radius 1 is 1.69 bits per heavy atom. The van der Waals surface area contributed by atoms with Crippen LogP contribution in [-0.4, -0.2) is 24.0 Å². The van der Waals surface area contributed by atoms with E-state index in [0.717, 1.165) is 0 Å². The van der Waals surface area contributed by atoms with Gasteiger partial charge < -0.3 is 4.74 Å². The maximum Gasteiger partial charge on any atom is 0.312 e. The molecule has 72 valence electrons. The van der Waals surface area contributed by atoms with E-state index in [4.69, 9.17) is 0 Å². The molecule has 5 nitrogen and oxygen atoms in total. The molecule has 1 aliphatic carbocycles. The van der Waals surface area contributed by atoms with Crippen LogP contribution in [-0.2, 0) is 9.53 Å². The second kappa shape index (κ2) is 4.02. The second-order valence-corrected chi connectivity index (χ2v) is 2.97. The molecule has 0 bridgehead atoms. The predicted octanol–water partition coefficient (Wildman–Crippen LogP) is 0.771. The minimum absolute atomic E-state index is 0.246. The summed E-state index contributed by atoms with van der Waals surface area (Å²) in [6, 6.07) is -0.644. The van der Waals surface area contributed by atoms with Gasteiger partial charge >= 0.3 is 5.97 Å². The molecule has 0 aliphatic heterocycles. The predicted molar refractivity (Wildman–Crippen MR) is 44.7 cm³/mol. The van der Waals surface area contributed by atoms with E-state index in [1.54, 1.807) is 12.2 Å². The number of ether oxygens (including phenoxy) is 1. The Morgan fingerprint density at radius 3 is 2.92 bits per heavy atom. The first-order valence-corrected chi connectivity index (χ1v) is 4.03. The van der Waals surface area contributed by atoms with E-state index in [9.17, 15) is 14.9 Å². The Kier molecular flexibility index (Phi) is 3.00. The average molecular weight is 185 g/mol. The second-order valence-electron chi connectivity index (χ2n) is 2.97. The molecule has 0 aromatic heterocycles. The number of methoxy groups -OCH3 is 1. The van der Waals surface area contributed by atoms with Gasteiger partial charge in [0, 0.05) is 17.8 Å². The molecule has 0 aromatic carbocycles. The van der Waals surface area contributed by atoms with Gasteiger partial charge in [0.1, 0.15) is 0 Å². The first-order chi connectivity index (χ1) is 6.15. The van der Waals surface area contributed by atoms with Crippen LogP contribution >= 0.6 is 0 Å². The topological polar surface area (TPSA) is 69.4 Å². The summed E-state index contributed by atoms with van der Waals surface area (Å²) in [4.78, 5) is 21.1. The van der Waals surface area contributed by atoms with Crippen molar-refractivity contribution >= 4 is 5.97 Å². The lowest BCUT2D eigenvalue weighted by Crippen LogP contribution is -2.28. The Hall–Kier alpha value is -1.39. The standard InChI is InChI=1S/C8H11NO4/c1-13-8(10)6-3-2-4-7(5-6)9(11)12/h2-3,6-7H,4-5H2,1H3. The van der Waals surface area contributed by atoms with E-state index in [0.29, 0.717) is 6.42 Å². The Bertz CT molecular complexity index is 249. The molecule has 5 heteroatoms. The third-order valence-electron chi connectivity index (χ3n) is 2.10. The molecule has 0 saturated carbocycles. The Labute approximate surface area is 75.5 Å². The molecule has 0 saturated heterocycles. The summed E-state index contributed by atoms with van der Waals surface area (Å²) in [5, 5.41) is 10.4. The molecule has 2 unspecified atom stereocenters. The van der Waals surface area contributed by atoms with Crippen molar-refractivity contribution < 1.29 is 14.5 Å². The summed E-state index contributed by atoms with van der Waals surface area (Å²) < 4.78 is 4.50. The van der Waals surface area contributed by atoms with Gasteiger partial charge in [0.05, 0.1) is 13.0 Å². The zero-order valence-corrected chi connectivity index (χ0v) is 7.30. The normalized spacial score (nSPS) is 26.8. The minimum Gasteiger partial charge on any atom is -0.469 e. The molecule has 2 atom stereocenters. The van der Waals surface area contributed by atoms with Gasteiger partial charge in [-0.1, -0.05) is 12.2 Å². The van der Waals surface area contributed by atoms with Crippen LogP contribution < -0.4 is 0 Å². The summed E-state index contributed by atoms with van der Waals surface area (Å²) in [5.74, 6) is -0.850. The number of nitrogens with zero attached hydrogens (tertiary/aromatic N) is 1. The number of hydrogen-bond acceptors (Lipinski definition) is 4. The van der Waals surface area contributed by atoms with Crippen LogP contribution in [0.15, 0.2) is 12.2 Å². The SMILES string of the molecule is COC(=O)C1C=CCC([N+](=O)[O-])C1. The third-order valence-corrected chi connectivity index (χ3v) is 2.10. The van der Waals surface area contributed by atoms with Crippen LogP contribution in [0.1, 0.15) is 12.8 Å². The van der Waals surface area contributed by atoms with Crippen molar-refractivity contribution in [3.63, 3.8) is 0 Å². The number of carbonyl (C=O) groups is 1. The molecule has 1 aliphatic rings. The fourth-order valence-corrected chi connectivity index (χ4v) is 1.37. The summed E-state index contributed by atoms with van der Waals surface area (Å²) in [7, 11) is 1.28. The number of carbonyl (C=O) groups excluding carboxylic acids is 1. The maximum absolute atomic E-state index is 11.0. The number of nitro groups is 1. The zero-order chi connectivity index (χ0) is 9.84. The van der Waals surface area contributed by atoms with E-state index in [1.165, 1.54) is 7.11 Å². The van der Waals surface area contributed by atoms with Crippen molar-refractivity contribution in [2.24, 2.45) is 5.92 Å². The molecule has 1 rings (SSSR count). The van der Waals surface area contributed by atoms with Crippen molar-refractivity contribution in [1.82, 2.24) is 0 Å². The Balaban J connectivity index is 2.61. The minimum atomic E-state index is -0.644. The van der Waals surface area contributed by atoms with Crippen LogP contribution in [0.5, 0.6) is 0 Å². The highest BCUT2D eigenvalue weighted by molar-refractivity contribution is 5.74. The van der Waals surface area contributed by atoms with E-state index < -0.39 is 17.9 Å². The van der Waals surface area contributed by atoms with Crippen molar-refractivity contribution in [2.45, 2.75) is 18.9 Å². The molecule has 13 heavy (non-hydrogen) atoms. The first-order valence-electron chi connectivity index (χ1n) is 4.03. The summed E-state index contributed by atoms with van der Waals surface area (Å²) in [6.45, 7) is 0. The van der Waals surface area contributed by atoms with Crippen LogP contribution in [0, 0.1) is 16.0 Å². The van der Waals surface area contributed by atoms with Crippen LogP contribution in [0.25, 0.3) is 0 Å². The fourth-order valence-electron chi connectivity index (χ4n) is 1.37. The lowest BCUT2D eigenvalue weighted by atomic mass is 9.92. The molecular weight excluding hydrogens is 174 g/mol. The van der Waals surface area contributed by atoms with Crippen molar-refractivity contribution in [3.05, 3.63) is 22.3 Å². The van der Waals surface area contributed by atoms with Crippen LogP contribution in [0.4, 0.5) is 0 Å². The van der Waals surface area contributed by atoms with Crippen LogP contribution in [0.2, 0.25) is 0 Å². The maximum atomic E-state index is 11.0. The van der Waals surface area contributed by atoms with Crippen LogP contribution in [0.3, 0.4) is 0 Å². The number of hydrogen-bond donors (Lipinski definition) is 0. The van der Waals surface area contributed by atoms with Crippen molar-refractivity contribution in [3.8, 4) is 0 Å². The number of esters is 1. The summed E-state index contributed by atoms with van der Waals surface area (Å²) >= 11 is 0. The fraction of sp³-hybridized carbons (Fsp3) is 0.625. The lowest BCUT2D eigenvalue weighted by molar-refractivity contribution is -0.523. The molecular formula is C8H11NO4. The van der Waals surface area contributed by atoms with Gasteiger partial charge in [0.25, 0.3) is 0 Å². The van der Waals surface area contributed by atoms with Gasteiger partial charge in [-0.2, -0.15) is 0 Å². The molecule has 0 spiro atoms. The highest BCUT2D eigenvalue weighted by Crippen LogP contribution is 2.20. The van der Waals surface area contributed by atoms with Gasteiger partial charge in [-0.3, -0.25) is 14.9 Å². The third kappa shape index (κ3) is 2.27. The van der Waals surface area contributed by atoms with E-state index in [-0.39, 0.29) is 11.3 Å². The molecule has 0 fully saturated rings. The van der Waals surface area contributed by atoms with Gasteiger partial charge in [-0.05, 0) is 0 Å². The molecule has 0 radical (unpaired) electrons. The van der Waals surface area contributed by atoms with E-state index >= 15 is 0 Å². The van der Waals surface area contributed by atoms with Gasteiger partial charge in [0.2, 0.25) is 6.04 Å². The summed E-state index contributed by atoms with van der Waals surface area (Å²) in [5.41, 5.74) is 0. The molecule has 0 amide bonds. The molecule has 0 N–H and O–H groups in total. The van der Waals surface area contributed by atoms with E-state index in [1.807, 2.05) is 0 Å². The summed E-state index contributed by atoms with van der Waals surface area (Å²) in [6.07, 6.45) is 3.99.